The van der Waals surface area contributed by atoms with E-state index in [0.29, 0.717) is 25.1 Å². The van der Waals surface area contributed by atoms with Gasteiger partial charge in [0.2, 0.25) is 0 Å². The zero-order valence-electron chi connectivity index (χ0n) is 16.8. The van der Waals surface area contributed by atoms with Gasteiger partial charge in [-0.1, -0.05) is 36.4 Å². The van der Waals surface area contributed by atoms with Crippen LogP contribution in [0, 0.1) is 5.82 Å². The Hall–Kier alpha value is -2.54. The van der Waals surface area contributed by atoms with Gasteiger partial charge in [-0.15, -0.1) is 11.3 Å². The maximum atomic E-state index is 13.7. The van der Waals surface area contributed by atoms with E-state index in [1.54, 1.807) is 36.5 Å². The molecular formula is C24H25FN2O2S. The third-order valence-electron chi connectivity index (χ3n) is 5.72. The highest BCUT2D eigenvalue weighted by atomic mass is 32.1. The maximum absolute atomic E-state index is 13.7. The lowest BCUT2D eigenvalue weighted by Gasteiger charge is -2.48. The summed E-state index contributed by atoms with van der Waals surface area (Å²) in [6.45, 7) is 2.96. The van der Waals surface area contributed by atoms with Gasteiger partial charge in [0.1, 0.15) is 5.82 Å². The average molecular weight is 425 g/mol. The highest BCUT2D eigenvalue weighted by Crippen LogP contribution is 2.39. The first-order valence-electron chi connectivity index (χ1n) is 10.0. The monoisotopic (exact) mass is 424 g/mol. The fourth-order valence-corrected chi connectivity index (χ4v) is 5.01. The van der Waals surface area contributed by atoms with Gasteiger partial charge in [-0.2, -0.15) is 0 Å². The van der Waals surface area contributed by atoms with E-state index in [1.165, 1.54) is 12.1 Å². The average Bonchev–Trinajstić information content (AvgIpc) is 3.26. The first kappa shape index (κ1) is 20.7. The summed E-state index contributed by atoms with van der Waals surface area (Å²) in [4.78, 5) is 16.2. The SMILES string of the molecule is CC1(O)CCN(Cc2cccc(F)c2)C(c2cccs2)C1NC(=O)c1ccccc1. The van der Waals surface area contributed by atoms with Crippen LogP contribution < -0.4 is 5.32 Å². The Morgan fingerprint density at radius 1 is 1.20 bits per heavy atom. The summed E-state index contributed by atoms with van der Waals surface area (Å²) >= 11 is 1.60. The summed E-state index contributed by atoms with van der Waals surface area (Å²) in [6, 6.07) is 18.9. The molecule has 1 aromatic heterocycles. The molecule has 30 heavy (non-hydrogen) atoms. The van der Waals surface area contributed by atoms with Crippen molar-refractivity contribution in [1.82, 2.24) is 10.2 Å². The van der Waals surface area contributed by atoms with Crippen molar-refractivity contribution in [1.29, 1.82) is 0 Å². The van der Waals surface area contributed by atoms with Crippen LogP contribution in [0.25, 0.3) is 0 Å². The molecule has 1 saturated heterocycles. The smallest absolute Gasteiger partial charge is 0.251 e. The van der Waals surface area contributed by atoms with Crippen LogP contribution in [0.2, 0.25) is 0 Å². The van der Waals surface area contributed by atoms with Crippen molar-refractivity contribution >= 4 is 17.2 Å². The fourth-order valence-electron chi connectivity index (χ4n) is 4.11. The lowest BCUT2D eigenvalue weighted by atomic mass is 9.81. The molecular weight excluding hydrogens is 399 g/mol. The minimum absolute atomic E-state index is 0.213. The Morgan fingerprint density at radius 2 is 2.00 bits per heavy atom. The number of nitrogens with one attached hydrogen (secondary N) is 1. The minimum Gasteiger partial charge on any atom is -0.388 e. The molecule has 0 spiro atoms. The second-order valence-corrected chi connectivity index (χ2v) is 8.96. The molecule has 0 aliphatic carbocycles. The number of benzene rings is 2. The van der Waals surface area contributed by atoms with Crippen LogP contribution in [0.4, 0.5) is 4.39 Å². The van der Waals surface area contributed by atoms with Crippen molar-refractivity contribution in [2.24, 2.45) is 0 Å². The predicted octanol–water partition coefficient (Wildman–Crippen LogP) is 4.38. The Balaban J connectivity index is 1.66. The number of hydrogen-bond acceptors (Lipinski definition) is 4. The molecule has 0 bridgehead atoms. The number of carbonyl (C=O) groups is 1. The summed E-state index contributed by atoms with van der Waals surface area (Å²) in [7, 11) is 0. The van der Waals surface area contributed by atoms with Crippen LogP contribution in [0.1, 0.15) is 40.2 Å². The number of aliphatic hydroxyl groups is 1. The van der Waals surface area contributed by atoms with Gasteiger partial charge in [0.25, 0.3) is 5.91 Å². The first-order valence-corrected chi connectivity index (χ1v) is 10.9. The van der Waals surface area contributed by atoms with Gasteiger partial charge in [0.05, 0.1) is 17.7 Å². The number of likely N-dealkylation sites (tertiary alicyclic amines) is 1. The van der Waals surface area contributed by atoms with E-state index >= 15 is 0 Å². The van der Waals surface area contributed by atoms with Gasteiger partial charge in [0.15, 0.2) is 0 Å². The lowest BCUT2D eigenvalue weighted by molar-refractivity contribution is -0.0656. The normalized spacial score (nSPS) is 24.5. The minimum atomic E-state index is -1.07. The number of carbonyl (C=O) groups excluding carboxylic acids is 1. The second-order valence-electron chi connectivity index (χ2n) is 7.98. The molecule has 2 heterocycles. The molecule has 1 amide bonds. The van der Waals surface area contributed by atoms with E-state index in [-0.39, 0.29) is 17.8 Å². The van der Waals surface area contributed by atoms with Gasteiger partial charge in [-0.3, -0.25) is 9.69 Å². The molecule has 1 aliphatic rings. The molecule has 1 aliphatic heterocycles. The highest BCUT2D eigenvalue weighted by molar-refractivity contribution is 7.10. The van der Waals surface area contributed by atoms with Gasteiger partial charge >= 0.3 is 0 Å². The topological polar surface area (TPSA) is 52.6 Å². The molecule has 2 aromatic carbocycles. The number of halogens is 1. The molecule has 4 nitrogen and oxygen atoms in total. The van der Waals surface area contributed by atoms with Crippen LogP contribution in [0.15, 0.2) is 72.1 Å². The van der Waals surface area contributed by atoms with Crippen LogP contribution in [-0.2, 0) is 6.54 Å². The van der Waals surface area contributed by atoms with Crippen molar-refractivity contribution in [3.8, 4) is 0 Å². The van der Waals surface area contributed by atoms with Gasteiger partial charge in [-0.05, 0) is 54.6 Å². The molecule has 3 unspecified atom stereocenters. The number of nitrogens with zero attached hydrogens (tertiary/aromatic N) is 1. The van der Waals surface area contributed by atoms with Crippen LogP contribution >= 0.6 is 11.3 Å². The molecule has 2 N–H and O–H groups in total. The summed E-state index contributed by atoms with van der Waals surface area (Å²) < 4.78 is 13.7. The van der Waals surface area contributed by atoms with Crippen molar-refractivity contribution in [3.63, 3.8) is 0 Å². The highest BCUT2D eigenvalue weighted by Gasteiger charge is 2.46. The Bertz CT molecular complexity index is 991. The van der Waals surface area contributed by atoms with E-state index in [0.717, 1.165) is 10.4 Å². The van der Waals surface area contributed by atoms with Crippen molar-refractivity contribution in [2.45, 2.75) is 37.6 Å². The standard InChI is InChI=1S/C24H25FN2O2S/c1-24(29)12-13-27(16-17-7-5-10-19(25)15-17)21(20-11-6-14-30-20)22(24)26-23(28)18-8-3-2-4-9-18/h2-11,14-15,21-22,29H,12-13,16H2,1H3,(H,26,28). The molecule has 0 radical (unpaired) electrons. The van der Waals surface area contributed by atoms with Gasteiger partial charge < -0.3 is 10.4 Å². The molecule has 0 saturated carbocycles. The number of amides is 1. The van der Waals surface area contributed by atoms with E-state index < -0.39 is 11.6 Å². The Morgan fingerprint density at radius 3 is 2.70 bits per heavy atom. The maximum Gasteiger partial charge on any atom is 0.251 e. The molecule has 1 fully saturated rings. The number of rotatable bonds is 5. The van der Waals surface area contributed by atoms with E-state index in [1.807, 2.05) is 41.8 Å². The van der Waals surface area contributed by atoms with Gasteiger partial charge in [-0.25, -0.2) is 4.39 Å². The quantitative estimate of drug-likeness (QED) is 0.639. The summed E-state index contributed by atoms with van der Waals surface area (Å²) in [5.41, 5.74) is 0.351. The third-order valence-corrected chi connectivity index (χ3v) is 6.66. The van der Waals surface area contributed by atoms with E-state index in [2.05, 4.69) is 10.2 Å². The van der Waals surface area contributed by atoms with Gasteiger partial charge in [0, 0.05) is 23.5 Å². The van der Waals surface area contributed by atoms with E-state index in [4.69, 9.17) is 0 Å². The van der Waals surface area contributed by atoms with Crippen molar-refractivity contribution in [2.75, 3.05) is 6.54 Å². The third kappa shape index (κ3) is 4.46. The first-order chi connectivity index (χ1) is 14.4. The van der Waals surface area contributed by atoms with Crippen LogP contribution in [-0.4, -0.2) is 34.1 Å². The van der Waals surface area contributed by atoms with Crippen molar-refractivity contribution in [3.05, 3.63) is 93.9 Å². The lowest BCUT2D eigenvalue weighted by Crippen LogP contribution is -2.62. The van der Waals surface area contributed by atoms with Crippen LogP contribution in [0.3, 0.4) is 0 Å². The number of piperidine rings is 1. The summed E-state index contributed by atoms with van der Waals surface area (Å²) in [5, 5.41) is 16.3. The molecule has 156 valence electrons. The van der Waals surface area contributed by atoms with Crippen molar-refractivity contribution < 1.29 is 14.3 Å². The fraction of sp³-hybridized carbons (Fsp3) is 0.292. The number of thiophene rings is 1. The second kappa shape index (κ2) is 8.68. The zero-order valence-corrected chi connectivity index (χ0v) is 17.6. The summed E-state index contributed by atoms with van der Waals surface area (Å²) in [6.07, 6.45) is 0.504. The molecule has 6 heteroatoms. The summed E-state index contributed by atoms with van der Waals surface area (Å²) in [5.74, 6) is -0.479. The van der Waals surface area contributed by atoms with E-state index in [9.17, 15) is 14.3 Å². The number of hydrogen-bond donors (Lipinski definition) is 2. The molecule has 3 atom stereocenters. The molecule has 3 aromatic rings. The predicted molar refractivity (Wildman–Crippen MR) is 117 cm³/mol. The largest absolute Gasteiger partial charge is 0.388 e. The Labute approximate surface area is 180 Å². The van der Waals surface area contributed by atoms with Crippen LogP contribution in [0.5, 0.6) is 0 Å². The molecule has 4 rings (SSSR count). The Kier molecular flexibility index (Phi) is 5.99. The zero-order chi connectivity index (χ0) is 21.1.